The maximum absolute atomic E-state index is 12.0. The summed E-state index contributed by atoms with van der Waals surface area (Å²) >= 11 is 0. The van der Waals surface area contributed by atoms with E-state index in [1.165, 1.54) is 71.1 Å². The smallest absolute Gasteiger partial charge is 0.462 e. The standard InChI is InChI=1S/C23H46NO8P/c1-3-4-5-6-7-8-9-10-11-12-13-14-15-16-23(26)30-19-22(32-20(2)25)17-21(24)18-31-33(27,28)29/h21-22H,3-19,24H2,1-2H3,(H2,27,28,29). The van der Waals surface area contributed by atoms with Crippen molar-refractivity contribution in [3.8, 4) is 0 Å². The van der Waals surface area contributed by atoms with Crippen LogP contribution in [-0.2, 0) is 28.2 Å². The van der Waals surface area contributed by atoms with E-state index in [1.807, 2.05) is 0 Å². The summed E-state index contributed by atoms with van der Waals surface area (Å²) in [5.41, 5.74) is 5.75. The molecule has 0 aliphatic heterocycles. The lowest BCUT2D eigenvalue weighted by atomic mass is 10.0. The lowest BCUT2D eigenvalue weighted by Gasteiger charge is -2.21. The van der Waals surface area contributed by atoms with Crippen molar-refractivity contribution in [1.29, 1.82) is 0 Å². The first-order valence-electron chi connectivity index (χ1n) is 12.4. The topological polar surface area (TPSA) is 145 Å². The SMILES string of the molecule is CCCCCCCCCCCCCCCC(=O)OCC(CC(N)COP(=O)(O)O)OC(C)=O. The first-order valence-corrected chi connectivity index (χ1v) is 14.0. The van der Waals surface area contributed by atoms with E-state index in [0.717, 1.165) is 19.3 Å². The molecule has 2 atom stereocenters. The van der Waals surface area contributed by atoms with Gasteiger partial charge < -0.3 is 25.0 Å². The van der Waals surface area contributed by atoms with Gasteiger partial charge in [0.2, 0.25) is 0 Å². The van der Waals surface area contributed by atoms with Crippen molar-refractivity contribution >= 4 is 19.8 Å². The maximum Gasteiger partial charge on any atom is 0.469 e. The van der Waals surface area contributed by atoms with Crippen molar-refractivity contribution in [3.05, 3.63) is 0 Å². The summed E-state index contributed by atoms with van der Waals surface area (Å²) in [6.07, 6.45) is 15.5. The van der Waals surface area contributed by atoms with Gasteiger partial charge in [-0.1, -0.05) is 84.0 Å². The molecule has 0 aromatic rings. The highest BCUT2D eigenvalue weighted by Crippen LogP contribution is 2.35. The van der Waals surface area contributed by atoms with E-state index >= 15 is 0 Å². The van der Waals surface area contributed by atoms with E-state index in [2.05, 4.69) is 11.4 Å². The van der Waals surface area contributed by atoms with Gasteiger partial charge in [0.05, 0.1) is 6.61 Å². The van der Waals surface area contributed by atoms with E-state index in [1.54, 1.807) is 0 Å². The number of carbonyl (C=O) groups is 2. The third kappa shape index (κ3) is 24.0. The van der Waals surface area contributed by atoms with Crippen LogP contribution < -0.4 is 5.73 Å². The van der Waals surface area contributed by atoms with E-state index < -0.39 is 32.5 Å². The Morgan fingerprint density at radius 3 is 1.79 bits per heavy atom. The molecule has 0 aliphatic rings. The fraction of sp³-hybridized carbons (Fsp3) is 0.913. The summed E-state index contributed by atoms with van der Waals surface area (Å²) in [4.78, 5) is 40.6. The van der Waals surface area contributed by atoms with Gasteiger partial charge in [0, 0.05) is 25.8 Å². The van der Waals surface area contributed by atoms with E-state index in [-0.39, 0.29) is 19.0 Å². The van der Waals surface area contributed by atoms with Crippen LogP contribution >= 0.6 is 7.82 Å². The number of hydrogen-bond acceptors (Lipinski definition) is 7. The van der Waals surface area contributed by atoms with Crippen LogP contribution in [0.5, 0.6) is 0 Å². The minimum absolute atomic E-state index is 0.0472. The zero-order valence-electron chi connectivity index (χ0n) is 20.5. The van der Waals surface area contributed by atoms with Gasteiger partial charge in [0.25, 0.3) is 0 Å². The van der Waals surface area contributed by atoms with Crippen molar-refractivity contribution in [1.82, 2.24) is 0 Å². The molecule has 0 saturated heterocycles. The van der Waals surface area contributed by atoms with Crippen LogP contribution in [0.15, 0.2) is 0 Å². The Morgan fingerprint density at radius 1 is 0.848 bits per heavy atom. The van der Waals surface area contributed by atoms with Gasteiger partial charge in [0.1, 0.15) is 12.7 Å². The molecule has 0 fully saturated rings. The molecule has 0 saturated carbocycles. The zero-order chi connectivity index (χ0) is 25.0. The fourth-order valence-corrected chi connectivity index (χ4v) is 3.91. The quantitative estimate of drug-likeness (QED) is 0.110. The molecule has 0 aromatic heterocycles. The summed E-state index contributed by atoms with van der Waals surface area (Å²) < 4.78 is 25.4. The molecule has 10 heteroatoms. The molecular formula is C23H46NO8P. The molecule has 0 rings (SSSR count). The lowest BCUT2D eigenvalue weighted by Crippen LogP contribution is -2.35. The molecule has 4 N–H and O–H groups in total. The number of hydrogen-bond donors (Lipinski definition) is 3. The third-order valence-electron chi connectivity index (χ3n) is 5.27. The predicted molar refractivity (Wildman–Crippen MR) is 127 cm³/mol. The molecule has 9 nitrogen and oxygen atoms in total. The molecule has 0 heterocycles. The number of ether oxygens (including phenoxy) is 2. The lowest BCUT2D eigenvalue weighted by molar-refractivity contribution is -0.158. The number of nitrogens with two attached hydrogens (primary N) is 1. The summed E-state index contributed by atoms with van der Waals surface area (Å²) in [7, 11) is -4.63. The fourth-order valence-electron chi connectivity index (χ4n) is 3.53. The van der Waals surface area contributed by atoms with Gasteiger partial charge in [-0.05, 0) is 6.42 Å². The second-order valence-corrected chi connectivity index (χ2v) is 9.93. The van der Waals surface area contributed by atoms with Gasteiger partial charge in [-0.3, -0.25) is 14.1 Å². The highest BCUT2D eigenvalue weighted by Gasteiger charge is 2.22. The van der Waals surface area contributed by atoms with Crippen molar-refractivity contribution in [2.45, 2.75) is 122 Å². The van der Waals surface area contributed by atoms with Crippen molar-refractivity contribution in [2.75, 3.05) is 13.2 Å². The van der Waals surface area contributed by atoms with Gasteiger partial charge in [-0.25, -0.2) is 4.57 Å². The van der Waals surface area contributed by atoms with Gasteiger partial charge in [-0.2, -0.15) is 0 Å². The van der Waals surface area contributed by atoms with Gasteiger partial charge >= 0.3 is 19.8 Å². The monoisotopic (exact) mass is 495 g/mol. The first kappa shape index (κ1) is 32.0. The Labute approximate surface area is 199 Å². The van der Waals surface area contributed by atoms with Crippen molar-refractivity contribution in [2.24, 2.45) is 5.73 Å². The zero-order valence-corrected chi connectivity index (χ0v) is 21.4. The number of phosphoric ester groups is 1. The molecule has 196 valence electrons. The molecular weight excluding hydrogens is 449 g/mol. The average Bonchev–Trinajstić information content (AvgIpc) is 2.73. The Hall–Kier alpha value is -0.990. The van der Waals surface area contributed by atoms with E-state index in [0.29, 0.717) is 6.42 Å². The number of esters is 2. The minimum atomic E-state index is -4.63. The Kier molecular flexibility index (Phi) is 19.8. The second kappa shape index (κ2) is 20.4. The normalized spacial score (nSPS) is 13.5. The second-order valence-electron chi connectivity index (χ2n) is 8.69. The minimum Gasteiger partial charge on any atom is -0.462 e. The summed E-state index contributed by atoms with van der Waals surface area (Å²) in [6.45, 7) is 2.90. The van der Waals surface area contributed by atoms with E-state index in [4.69, 9.17) is 25.0 Å². The maximum atomic E-state index is 12.0. The van der Waals surface area contributed by atoms with Crippen LogP contribution in [0.2, 0.25) is 0 Å². The number of rotatable bonds is 22. The molecule has 2 unspecified atom stereocenters. The summed E-state index contributed by atoms with van der Waals surface area (Å²) in [5, 5.41) is 0. The molecule has 0 spiro atoms. The van der Waals surface area contributed by atoms with Crippen LogP contribution in [0.4, 0.5) is 0 Å². The highest BCUT2D eigenvalue weighted by molar-refractivity contribution is 7.46. The summed E-state index contributed by atoms with van der Waals surface area (Å²) in [5.74, 6) is -0.925. The first-order chi connectivity index (χ1) is 15.6. The van der Waals surface area contributed by atoms with Crippen LogP contribution in [0.1, 0.15) is 110 Å². The molecule has 0 aliphatic carbocycles. The number of carbonyl (C=O) groups excluding carboxylic acids is 2. The number of phosphoric acid groups is 1. The Bertz CT molecular complexity index is 555. The molecule has 33 heavy (non-hydrogen) atoms. The van der Waals surface area contributed by atoms with Crippen LogP contribution in [0.3, 0.4) is 0 Å². The predicted octanol–water partition coefficient (Wildman–Crippen LogP) is 4.77. The largest absolute Gasteiger partial charge is 0.469 e. The van der Waals surface area contributed by atoms with Crippen LogP contribution in [-0.4, -0.2) is 47.1 Å². The molecule has 0 amide bonds. The Balaban J connectivity index is 3.81. The van der Waals surface area contributed by atoms with Crippen molar-refractivity contribution < 1.29 is 37.9 Å². The average molecular weight is 496 g/mol. The summed E-state index contributed by atoms with van der Waals surface area (Å²) in [6, 6.07) is -0.790. The molecule has 0 radical (unpaired) electrons. The van der Waals surface area contributed by atoms with E-state index in [9.17, 15) is 14.2 Å². The van der Waals surface area contributed by atoms with Crippen LogP contribution in [0.25, 0.3) is 0 Å². The van der Waals surface area contributed by atoms with Gasteiger partial charge in [-0.15, -0.1) is 0 Å². The molecule has 0 bridgehead atoms. The van der Waals surface area contributed by atoms with Gasteiger partial charge in [0.15, 0.2) is 0 Å². The molecule has 0 aromatic carbocycles. The highest BCUT2D eigenvalue weighted by atomic mass is 31.2. The van der Waals surface area contributed by atoms with Crippen molar-refractivity contribution in [3.63, 3.8) is 0 Å². The Morgan fingerprint density at radius 2 is 1.33 bits per heavy atom. The number of unbranched alkanes of at least 4 members (excludes halogenated alkanes) is 12. The third-order valence-corrected chi connectivity index (χ3v) is 5.76. The van der Waals surface area contributed by atoms with Crippen LogP contribution in [0, 0.1) is 0 Å².